The van der Waals surface area contributed by atoms with Crippen LogP contribution in [0.2, 0.25) is 0 Å². The molecule has 216 valence electrons. The van der Waals surface area contributed by atoms with Crippen LogP contribution in [0.5, 0.6) is 0 Å². The molecule has 0 radical (unpaired) electrons. The highest BCUT2D eigenvalue weighted by molar-refractivity contribution is 5.87. The number of aryl methyl sites for hydroxylation is 1. The van der Waals surface area contributed by atoms with Gasteiger partial charge in [0.25, 0.3) is 0 Å². The minimum Gasteiger partial charge on any atom is -0.449 e. The van der Waals surface area contributed by atoms with Gasteiger partial charge in [-0.15, -0.1) is 0 Å². The van der Waals surface area contributed by atoms with Crippen LogP contribution in [0.15, 0.2) is 42.7 Å². The lowest BCUT2D eigenvalue weighted by atomic mass is 10.0. The number of halogens is 1. The van der Waals surface area contributed by atoms with Crippen molar-refractivity contribution in [3.8, 4) is 11.3 Å². The van der Waals surface area contributed by atoms with Gasteiger partial charge in [-0.05, 0) is 42.2 Å². The van der Waals surface area contributed by atoms with Gasteiger partial charge >= 0.3 is 6.09 Å². The summed E-state index contributed by atoms with van der Waals surface area (Å²) in [5, 5.41) is 8.32. The van der Waals surface area contributed by atoms with E-state index in [0.29, 0.717) is 48.2 Å². The molecule has 5 rings (SSSR count). The molecule has 1 amide bonds. The number of rotatable bonds is 9. The van der Waals surface area contributed by atoms with Gasteiger partial charge in [0, 0.05) is 68.8 Å². The topological polar surface area (TPSA) is 101 Å². The lowest BCUT2D eigenvalue weighted by Gasteiger charge is -2.34. The Kier molecular flexibility index (Phi) is 8.72. The molecule has 1 saturated heterocycles. The predicted octanol–water partition coefficient (Wildman–Crippen LogP) is 5.49. The van der Waals surface area contributed by atoms with E-state index in [1.807, 2.05) is 31.4 Å². The van der Waals surface area contributed by atoms with E-state index in [2.05, 4.69) is 51.0 Å². The summed E-state index contributed by atoms with van der Waals surface area (Å²) in [5.74, 6) is 0.806. The molecule has 1 aliphatic rings. The Hall–Kier alpha value is -4.12. The lowest BCUT2D eigenvalue weighted by Crippen LogP contribution is -2.48. The number of fused-ring (bicyclic) bond motifs is 1. The zero-order valence-corrected chi connectivity index (χ0v) is 24.1. The molecule has 3 aromatic heterocycles. The number of anilines is 2. The maximum Gasteiger partial charge on any atom is 0.409 e. The van der Waals surface area contributed by atoms with Crippen molar-refractivity contribution in [3.63, 3.8) is 0 Å². The number of pyridine rings is 1. The van der Waals surface area contributed by atoms with E-state index < -0.39 is 0 Å². The summed E-state index contributed by atoms with van der Waals surface area (Å²) in [5.41, 5.74) is 3.68. The number of amides is 1. The Morgan fingerprint density at radius 3 is 2.63 bits per heavy atom. The zero-order chi connectivity index (χ0) is 28.9. The Balaban J connectivity index is 1.21. The molecular formula is C30H37FN8O2. The molecule has 4 heterocycles. The third kappa shape index (κ3) is 6.62. The van der Waals surface area contributed by atoms with Crippen molar-refractivity contribution in [3.05, 3.63) is 59.8 Å². The van der Waals surface area contributed by atoms with Crippen molar-refractivity contribution in [1.29, 1.82) is 0 Å². The van der Waals surface area contributed by atoms with Crippen LogP contribution in [-0.2, 0) is 18.3 Å². The van der Waals surface area contributed by atoms with Crippen LogP contribution in [0.25, 0.3) is 22.2 Å². The second-order valence-corrected chi connectivity index (χ2v) is 10.7. The van der Waals surface area contributed by atoms with Crippen molar-refractivity contribution >= 4 is 28.8 Å². The summed E-state index contributed by atoms with van der Waals surface area (Å²) < 4.78 is 22.1. The molecule has 11 heteroatoms. The van der Waals surface area contributed by atoms with E-state index >= 15 is 0 Å². The largest absolute Gasteiger partial charge is 0.449 e. The van der Waals surface area contributed by atoms with Crippen LogP contribution in [0.3, 0.4) is 0 Å². The second-order valence-electron chi connectivity index (χ2n) is 10.7. The first-order valence-corrected chi connectivity index (χ1v) is 14.2. The molecule has 0 atom stereocenters. The van der Waals surface area contributed by atoms with Crippen LogP contribution in [0.1, 0.15) is 50.8 Å². The van der Waals surface area contributed by atoms with E-state index in [1.165, 1.54) is 6.07 Å². The van der Waals surface area contributed by atoms with E-state index in [9.17, 15) is 9.18 Å². The van der Waals surface area contributed by atoms with E-state index in [0.717, 1.165) is 49.1 Å². The SMILES string of the molecule is CCCCOC(=O)N1CCN(Cc2ccc(Nc3nccc(-c4cc(F)c5nn(C)c(C(C)C)c5c4)n3)nc2)CC1. The van der Waals surface area contributed by atoms with Gasteiger partial charge in [0.05, 0.1) is 12.3 Å². The Morgan fingerprint density at radius 1 is 1.12 bits per heavy atom. The molecule has 0 spiro atoms. The smallest absolute Gasteiger partial charge is 0.409 e. The number of nitrogens with one attached hydrogen (secondary N) is 1. The number of unbranched alkanes of at least 4 members (excludes halogenated alkanes) is 1. The fourth-order valence-electron chi connectivity index (χ4n) is 5.13. The minimum atomic E-state index is -0.376. The lowest BCUT2D eigenvalue weighted by molar-refractivity contribution is 0.0737. The number of piperazine rings is 1. The van der Waals surface area contributed by atoms with Crippen molar-refractivity contribution in [2.45, 2.75) is 46.1 Å². The number of nitrogens with zero attached hydrogens (tertiary/aromatic N) is 7. The van der Waals surface area contributed by atoms with Gasteiger partial charge < -0.3 is 15.0 Å². The molecule has 0 aliphatic carbocycles. The van der Waals surface area contributed by atoms with Crippen molar-refractivity contribution in [2.75, 3.05) is 38.1 Å². The molecule has 41 heavy (non-hydrogen) atoms. The van der Waals surface area contributed by atoms with Gasteiger partial charge in [-0.2, -0.15) is 5.10 Å². The Morgan fingerprint density at radius 2 is 1.93 bits per heavy atom. The summed E-state index contributed by atoms with van der Waals surface area (Å²) in [4.78, 5) is 29.7. The van der Waals surface area contributed by atoms with Crippen LogP contribution < -0.4 is 5.32 Å². The van der Waals surface area contributed by atoms with Crippen LogP contribution in [0.4, 0.5) is 21.0 Å². The summed E-state index contributed by atoms with van der Waals surface area (Å²) in [6.07, 6.45) is 5.16. The highest BCUT2D eigenvalue weighted by Gasteiger charge is 2.22. The average molecular weight is 561 g/mol. The number of aromatic nitrogens is 5. The first kappa shape index (κ1) is 28.4. The van der Waals surface area contributed by atoms with Gasteiger partial charge in [-0.3, -0.25) is 9.58 Å². The summed E-state index contributed by atoms with van der Waals surface area (Å²) in [7, 11) is 1.84. The van der Waals surface area contributed by atoms with Gasteiger partial charge in [-0.1, -0.05) is 33.3 Å². The molecule has 10 nitrogen and oxygen atoms in total. The summed E-state index contributed by atoms with van der Waals surface area (Å²) in [6.45, 7) is 10.3. The normalized spacial score (nSPS) is 14.1. The summed E-state index contributed by atoms with van der Waals surface area (Å²) >= 11 is 0. The maximum absolute atomic E-state index is 15.0. The number of benzene rings is 1. The van der Waals surface area contributed by atoms with Crippen LogP contribution >= 0.6 is 0 Å². The Bertz CT molecular complexity index is 1500. The van der Waals surface area contributed by atoms with Crippen LogP contribution in [0, 0.1) is 5.82 Å². The number of carbonyl (C=O) groups is 1. The second kappa shape index (κ2) is 12.6. The molecule has 0 bridgehead atoms. The average Bonchev–Trinajstić information content (AvgIpc) is 3.31. The first-order valence-electron chi connectivity index (χ1n) is 14.2. The minimum absolute atomic E-state index is 0.194. The Labute approximate surface area is 239 Å². The highest BCUT2D eigenvalue weighted by Crippen LogP contribution is 2.31. The third-order valence-corrected chi connectivity index (χ3v) is 7.26. The zero-order valence-electron chi connectivity index (χ0n) is 24.1. The van der Waals surface area contributed by atoms with Gasteiger partial charge in [0.15, 0.2) is 5.82 Å². The van der Waals surface area contributed by atoms with Gasteiger partial charge in [0.1, 0.15) is 11.3 Å². The van der Waals surface area contributed by atoms with E-state index in [1.54, 1.807) is 21.8 Å². The molecule has 1 N–H and O–H groups in total. The predicted molar refractivity (Wildman–Crippen MR) is 156 cm³/mol. The number of ether oxygens (including phenoxy) is 1. The van der Waals surface area contributed by atoms with Gasteiger partial charge in [-0.25, -0.2) is 24.1 Å². The molecular weight excluding hydrogens is 523 g/mol. The summed E-state index contributed by atoms with van der Waals surface area (Å²) in [6, 6.07) is 9.08. The van der Waals surface area contributed by atoms with E-state index in [4.69, 9.17) is 4.74 Å². The maximum atomic E-state index is 15.0. The fourth-order valence-corrected chi connectivity index (χ4v) is 5.13. The standard InChI is InChI=1S/C30H37FN8O2/c1-5-6-15-41-30(40)39-13-11-38(12-14-39)19-21-7-8-26(33-18-21)35-29-32-10-9-25(34-29)22-16-23-27(24(31)17-22)36-37(4)28(23)20(2)3/h7-10,16-18,20H,5-6,11-15,19H2,1-4H3,(H,32,33,34,35). The van der Waals surface area contributed by atoms with Gasteiger partial charge in [0.2, 0.25) is 5.95 Å². The fraction of sp³-hybridized carbons (Fsp3) is 0.433. The van der Waals surface area contributed by atoms with Crippen molar-refractivity contribution < 1.29 is 13.9 Å². The van der Waals surface area contributed by atoms with Crippen molar-refractivity contribution in [1.82, 2.24) is 34.5 Å². The van der Waals surface area contributed by atoms with E-state index in [-0.39, 0.29) is 17.8 Å². The molecule has 1 aromatic carbocycles. The first-order chi connectivity index (χ1) is 19.8. The molecule has 4 aromatic rings. The van der Waals surface area contributed by atoms with Crippen molar-refractivity contribution in [2.24, 2.45) is 7.05 Å². The molecule has 0 saturated carbocycles. The monoisotopic (exact) mass is 560 g/mol. The number of hydrogen-bond acceptors (Lipinski definition) is 8. The highest BCUT2D eigenvalue weighted by atomic mass is 19.1. The molecule has 1 fully saturated rings. The number of hydrogen-bond donors (Lipinski definition) is 1. The quantitative estimate of drug-likeness (QED) is 0.268. The third-order valence-electron chi connectivity index (χ3n) is 7.26. The molecule has 1 aliphatic heterocycles. The number of carbonyl (C=O) groups excluding carboxylic acids is 1. The molecule has 0 unspecified atom stereocenters. The van der Waals surface area contributed by atoms with Crippen LogP contribution in [-0.4, -0.2) is 73.4 Å².